The molecule has 1 unspecified atom stereocenters. The molecule has 0 spiro atoms. The van der Waals surface area contributed by atoms with Gasteiger partial charge in [-0.05, 0) is 44.2 Å². The van der Waals surface area contributed by atoms with Gasteiger partial charge in [0.05, 0.1) is 13.2 Å². The fourth-order valence-electron chi connectivity index (χ4n) is 3.02. The van der Waals surface area contributed by atoms with Crippen LogP contribution in [-0.2, 0) is 23.7 Å². The molecule has 8 heteroatoms. The SMILES string of the molecule is CCOP(=O)(OCC)C1(Nc2ccc(Br)cc2)C(=O)Nc2ccccc21. The van der Waals surface area contributed by atoms with E-state index in [2.05, 4.69) is 26.6 Å². The molecule has 1 amide bonds. The first-order valence-electron chi connectivity index (χ1n) is 8.30. The van der Waals surface area contributed by atoms with Crippen LogP contribution < -0.4 is 10.6 Å². The quantitative estimate of drug-likeness (QED) is 0.599. The van der Waals surface area contributed by atoms with Crippen LogP contribution in [0.4, 0.5) is 11.4 Å². The van der Waals surface area contributed by atoms with Crippen LogP contribution >= 0.6 is 23.5 Å². The zero-order valence-corrected chi connectivity index (χ0v) is 17.0. The minimum absolute atomic E-state index is 0.149. The van der Waals surface area contributed by atoms with Gasteiger partial charge in [-0.3, -0.25) is 9.36 Å². The second kappa shape index (κ2) is 7.53. The third kappa shape index (κ3) is 3.09. The van der Waals surface area contributed by atoms with Crippen LogP contribution in [-0.4, -0.2) is 19.1 Å². The Morgan fingerprint density at radius 2 is 1.69 bits per heavy atom. The highest BCUT2D eigenvalue weighted by atomic mass is 79.9. The van der Waals surface area contributed by atoms with Gasteiger partial charge in [-0.25, -0.2) is 0 Å². The predicted octanol–water partition coefficient (Wildman–Crippen LogP) is 4.93. The molecule has 1 aliphatic rings. The first-order chi connectivity index (χ1) is 12.5. The molecule has 1 atom stereocenters. The number of hydrogen-bond acceptors (Lipinski definition) is 5. The second-order valence-corrected chi connectivity index (χ2v) is 8.77. The largest absolute Gasteiger partial charge is 0.370 e. The molecule has 3 rings (SSSR count). The molecule has 2 aromatic carbocycles. The summed E-state index contributed by atoms with van der Waals surface area (Å²) in [5.41, 5.74) is 1.75. The summed E-state index contributed by atoms with van der Waals surface area (Å²) in [4.78, 5) is 13.1. The Kier molecular flexibility index (Phi) is 5.53. The highest BCUT2D eigenvalue weighted by molar-refractivity contribution is 9.10. The van der Waals surface area contributed by atoms with Crippen molar-refractivity contribution in [2.75, 3.05) is 23.8 Å². The molecule has 138 valence electrons. The Balaban J connectivity index is 2.20. The van der Waals surface area contributed by atoms with Gasteiger partial charge in [-0.2, -0.15) is 0 Å². The van der Waals surface area contributed by atoms with Gasteiger partial charge < -0.3 is 19.7 Å². The highest BCUT2D eigenvalue weighted by Crippen LogP contribution is 2.67. The molecule has 0 saturated carbocycles. The lowest BCUT2D eigenvalue weighted by Gasteiger charge is -2.35. The van der Waals surface area contributed by atoms with Crippen LogP contribution in [0, 0.1) is 0 Å². The standard InChI is InChI=1S/C18H20BrN2O4P/c1-3-24-26(23,25-4-2)18(21-14-11-9-13(19)10-12-14)15-7-5-6-8-16(15)20-17(18)22/h5-12,21H,3-4H2,1-2H3,(H,20,22). The zero-order chi connectivity index (χ0) is 18.8. The van der Waals surface area contributed by atoms with Crippen LogP contribution in [0.3, 0.4) is 0 Å². The normalized spacial score (nSPS) is 19.1. The molecule has 1 aliphatic heterocycles. The molecule has 0 saturated heterocycles. The van der Waals surface area contributed by atoms with E-state index in [1.165, 1.54) is 0 Å². The number of nitrogens with one attached hydrogen (secondary N) is 2. The fraction of sp³-hybridized carbons (Fsp3) is 0.278. The van der Waals surface area contributed by atoms with Crippen molar-refractivity contribution in [3.05, 3.63) is 58.6 Å². The third-order valence-corrected chi connectivity index (χ3v) is 7.17. The van der Waals surface area contributed by atoms with Gasteiger partial charge in [0.1, 0.15) is 0 Å². The minimum atomic E-state index is -3.90. The number of halogens is 1. The highest BCUT2D eigenvalue weighted by Gasteiger charge is 2.62. The molecule has 0 radical (unpaired) electrons. The van der Waals surface area contributed by atoms with Gasteiger partial charge in [0, 0.05) is 21.4 Å². The molecule has 0 aromatic heterocycles. The van der Waals surface area contributed by atoms with Crippen LogP contribution in [0.5, 0.6) is 0 Å². The number of carbonyl (C=O) groups is 1. The van der Waals surface area contributed by atoms with Crippen molar-refractivity contribution in [3.8, 4) is 0 Å². The average Bonchev–Trinajstić information content (AvgIpc) is 2.90. The van der Waals surface area contributed by atoms with E-state index in [0.29, 0.717) is 16.9 Å². The molecule has 1 heterocycles. The summed E-state index contributed by atoms with van der Waals surface area (Å²) in [5.74, 6) is -0.466. The van der Waals surface area contributed by atoms with E-state index < -0.39 is 18.8 Å². The van der Waals surface area contributed by atoms with Gasteiger partial charge in [-0.1, -0.05) is 34.1 Å². The first kappa shape index (κ1) is 19.1. The Hall–Kier alpha value is -1.66. The maximum Gasteiger partial charge on any atom is 0.370 e. The number of benzene rings is 2. The summed E-state index contributed by atoms with van der Waals surface area (Å²) in [5, 5.41) is 4.29. The second-order valence-electron chi connectivity index (χ2n) is 5.68. The maximum atomic E-state index is 13.8. The van der Waals surface area contributed by atoms with Crippen molar-refractivity contribution >= 4 is 40.8 Å². The van der Waals surface area contributed by atoms with Gasteiger partial charge >= 0.3 is 7.60 Å². The van der Waals surface area contributed by atoms with Crippen LogP contribution in [0.1, 0.15) is 19.4 Å². The number of hydrogen-bond donors (Lipinski definition) is 2. The van der Waals surface area contributed by atoms with Gasteiger partial charge in [0.15, 0.2) is 0 Å². The van der Waals surface area contributed by atoms with E-state index in [1.807, 2.05) is 12.1 Å². The van der Waals surface area contributed by atoms with Crippen molar-refractivity contribution in [3.63, 3.8) is 0 Å². The Bertz CT molecular complexity index is 849. The van der Waals surface area contributed by atoms with Crippen molar-refractivity contribution < 1.29 is 18.4 Å². The molecular formula is C18H20BrN2O4P. The number of amides is 1. The van der Waals surface area contributed by atoms with Gasteiger partial charge in [0.2, 0.25) is 5.28 Å². The lowest BCUT2D eigenvalue weighted by molar-refractivity contribution is -0.118. The number of rotatable bonds is 7. The maximum absolute atomic E-state index is 13.8. The summed E-state index contributed by atoms with van der Waals surface area (Å²) >= 11 is 3.39. The number of anilines is 2. The molecule has 6 nitrogen and oxygen atoms in total. The number of fused-ring (bicyclic) bond motifs is 1. The smallest absolute Gasteiger partial charge is 0.358 e. The molecular weight excluding hydrogens is 419 g/mol. The zero-order valence-electron chi connectivity index (χ0n) is 14.5. The fourth-order valence-corrected chi connectivity index (χ4v) is 5.49. The summed E-state index contributed by atoms with van der Waals surface area (Å²) < 4.78 is 25.9. The van der Waals surface area contributed by atoms with E-state index in [0.717, 1.165) is 4.47 Å². The summed E-state index contributed by atoms with van der Waals surface area (Å²) in [6.07, 6.45) is 0. The average molecular weight is 439 g/mol. The lowest BCUT2D eigenvalue weighted by Crippen LogP contribution is -2.43. The molecule has 0 fully saturated rings. The Morgan fingerprint density at radius 1 is 1.08 bits per heavy atom. The lowest BCUT2D eigenvalue weighted by atomic mass is 10.1. The topological polar surface area (TPSA) is 76.7 Å². The Labute approximate surface area is 160 Å². The molecule has 0 bridgehead atoms. The molecule has 2 aromatic rings. The Morgan fingerprint density at radius 3 is 2.31 bits per heavy atom. The van der Waals surface area contributed by atoms with E-state index >= 15 is 0 Å². The monoisotopic (exact) mass is 438 g/mol. The summed E-state index contributed by atoms with van der Waals surface area (Å²) in [6, 6.07) is 14.4. The van der Waals surface area contributed by atoms with Gasteiger partial charge in [-0.15, -0.1) is 0 Å². The molecule has 0 aliphatic carbocycles. The molecule has 2 N–H and O–H groups in total. The van der Waals surface area contributed by atoms with Crippen LogP contribution in [0.15, 0.2) is 53.0 Å². The minimum Gasteiger partial charge on any atom is -0.358 e. The van der Waals surface area contributed by atoms with E-state index in [-0.39, 0.29) is 13.2 Å². The van der Waals surface area contributed by atoms with Crippen LogP contribution in [0.25, 0.3) is 0 Å². The predicted molar refractivity (Wildman–Crippen MR) is 105 cm³/mol. The van der Waals surface area contributed by atoms with E-state index in [9.17, 15) is 9.36 Å². The van der Waals surface area contributed by atoms with Crippen molar-refractivity contribution in [2.24, 2.45) is 0 Å². The van der Waals surface area contributed by atoms with Crippen molar-refractivity contribution in [2.45, 2.75) is 19.1 Å². The van der Waals surface area contributed by atoms with Crippen molar-refractivity contribution in [1.29, 1.82) is 0 Å². The van der Waals surface area contributed by atoms with E-state index in [4.69, 9.17) is 9.05 Å². The molecule has 26 heavy (non-hydrogen) atoms. The summed E-state index contributed by atoms with van der Waals surface area (Å²) in [7, 11) is -3.90. The van der Waals surface area contributed by atoms with Crippen LogP contribution in [0.2, 0.25) is 0 Å². The summed E-state index contributed by atoms with van der Waals surface area (Å²) in [6.45, 7) is 3.74. The van der Waals surface area contributed by atoms with Crippen molar-refractivity contribution in [1.82, 2.24) is 0 Å². The van der Waals surface area contributed by atoms with Gasteiger partial charge in [0.25, 0.3) is 5.91 Å². The van der Waals surface area contributed by atoms with E-state index in [1.54, 1.807) is 50.2 Å². The third-order valence-electron chi connectivity index (χ3n) is 4.07. The number of para-hydroxylation sites is 1. The first-order valence-corrected chi connectivity index (χ1v) is 10.6. The number of carbonyl (C=O) groups excluding carboxylic acids is 1.